The van der Waals surface area contributed by atoms with Crippen LogP contribution in [0, 0.1) is 0 Å². The molecule has 0 aromatic rings. The van der Waals surface area contributed by atoms with E-state index in [1.165, 1.54) is 31.3 Å². The van der Waals surface area contributed by atoms with Crippen LogP contribution in [0.5, 0.6) is 0 Å². The summed E-state index contributed by atoms with van der Waals surface area (Å²) in [4.78, 5) is 0. The number of hydrogen-bond acceptors (Lipinski definition) is 0. The Morgan fingerprint density at radius 2 is 1.30 bits per heavy atom. The fourth-order valence-corrected chi connectivity index (χ4v) is 1.23. The van der Waals surface area contributed by atoms with E-state index in [-0.39, 0.29) is 0 Å². The molecule has 0 rings (SSSR count). The van der Waals surface area contributed by atoms with Crippen molar-refractivity contribution in [3.05, 3.63) is 11.1 Å². The molecule has 0 N–H and O–H groups in total. The Hall–Kier alpha value is -0.260. The normalized spacial score (nSPS) is 9.60. The average molecular weight is 140 g/mol. The van der Waals surface area contributed by atoms with Crippen molar-refractivity contribution in [1.29, 1.82) is 0 Å². The van der Waals surface area contributed by atoms with Gasteiger partial charge in [-0.05, 0) is 26.7 Å². The fourth-order valence-electron chi connectivity index (χ4n) is 1.23. The van der Waals surface area contributed by atoms with Gasteiger partial charge in [0.25, 0.3) is 0 Å². The van der Waals surface area contributed by atoms with Gasteiger partial charge >= 0.3 is 0 Å². The van der Waals surface area contributed by atoms with Crippen LogP contribution in [0.2, 0.25) is 0 Å². The molecule has 0 heterocycles. The minimum absolute atomic E-state index is 1.29. The van der Waals surface area contributed by atoms with Crippen LogP contribution < -0.4 is 0 Å². The summed E-state index contributed by atoms with van der Waals surface area (Å²) < 4.78 is 0. The lowest BCUT2D eigenvalue weighted by Gasteiger charge is -2.05. The summed E-state index contributed by atoms with van der Waals surface area (Å²) in [6.45, 7) is 8.94. The van der Waals surface area contributed by atoms with Gasteiger partial charge in [0.1, 0.15) is 0 Å². The quantitative estimate of drug-likeness (QED) is 0.519. The Kier molecular flexibility index (Phi) is 5.38. The van der Waals surface area contributed by atoms with Gasteiger partial charge < -0.3 is 0 Å². The van der Waals surface area contributed by atoms with E-state index in [9.17, 15) is 0 Å². The molecule has 0 aromatic heterocycles. The lowest BCUT2D eigenvalue weighted by atomic mass is 10.0. The Morgan fingerprint density at radius 3 is 1.50 bits per heavy atom. The minimum atomic E-state index is 1.29. The van der Waals surface area contributed by atoms with Crippen LogP contribution in [-0.2, 0) is 0 Å². The molecule has 0 aliphatic carbocycles. The molecule has 0 aliphatic heterocycles. The smallest absolute Gasteiger partial charge is 0.0320 e. The molecular formula is C10H20. The molecule has 0 atom stereocenters. The van der Waals surface area contributed by atoms with Crippen molar-refractivity contribution in [2.24, 2.45) is 0 Å². The van der Waals surface area contributed by atoms with Crippen molar-refractivity contribution < 1.29 is 0 Å². The summed E-state index contributed by atoms with van der Waals surface area (Å²) in [6, 6.07) is 0. The summed E-state index contributed by atoms with van der Waals surface area (Å²) in [5.74, 6) is 0. The summed E-state index contributed by atoms with van der Waals surface area (Å²) >= 11 is 0. The van der Waals surface area contributed by atoms with Gasteiger partial charge in [0.05, 0.1) is 0 Å². The van der Waals surface area contributed by atoms with Crippen LogP contribution in [0.1, 0.15) is 53.4 Å². The first-order valence-corrected chi connectivity index (χ1v) is 4.37. The van der Waals surface area contributed by atoms with Crippen LogP contribution in [0.4, 0.5) is 0 Å². The molecule has 0 spiro atoms. The molecular weight excluding hydrogens is 120 g/mol. The molecule has 10 heavy (non-hydrogen) atoms. The molecule has 0 unspecified atom stereocenters. The van der Waals surface area contributed by atoms with Crippen molar-refractivity contribution >= 4 is 0 Å². The first-order chi connectivity index (χ1) is 4.72. The Morgan fingerprint density at radius 1 is 0.900 bits per heavy atom. The monoisotopic (exact) mass is 140 g/mol. The first-order valence-electron chi connectivity index (χ1n) is 4.37. The SMILES string of the molecule is CCCC(CCC)=C(C)C. The van der Waals surface area contributed by atoms with Crippen LogP contribution in [0.25, 0.3) is 0 Å². The molecule has 0 fully saturated rings. The zero-order valence-electron chi connectivity index (χ0n) is 7.83. The lowest BCUT2D eigenvalue weighted by Crippen LogP contribution is -1.85. The second-order valence-electron chi connectivity index (χ2n) is 3.10. The second-order valence-corrected chi connectivity index (χ2v) is 3.10. The first kappa shape index (κ1) is 9.74. The Bertz CT molecular complexity index is 97.2. The number of allylic oxidation sites excluding steroid dienone is 2. The van der Waals surface area contributed by atoms with Gasteiger partial charge in [-0.25, -0.2) is 0 Å². The highest BCUT2D eigenvalue weighted by molar-refractivity contribution is 5.09. The summed E-state index contributed by atoms with van der Waals surface area (Å²) in [5, 5.41) is 0. The van der Waals surface area contributed by atoms with Gasteiger partial charge in [0.2, 0.25) is 0 Å². The van der Waals surface area contributed by atoms with E-state index in [0.717, 1.165) is 0 Å². The van der Waals surface area contributed by atoms with Crippen LogP contribution in [0.15, 0.2) is 11.1 Å². The molecule has 60 valence electrons. The third-order valence-electron chi connectivity index (χ3n) is 1.81. The maximum atomic E-state index is 2.25. The zero-order chi connectivity index (χ0) is 7.98. The molecule has 0 bridgehead atoms. The van der Waals surface area contributed by atoms with Gasteiger partial charge in [-0.1, -0.05) is 37.8 Å². The maximum Gasteiger partial charge on any atom is -0.0320 e. The highest BCUT2D eigenvalue weighted by atomic mass is 14.0. The molecule has 0 radical (unpaired) electrons. The highest BCUT2D eigenvalue weighted by Crippen LogP contribution is 2.15. The standard InChI is InChI=1S/C10H20/c1-5-7-10(8-6-2)9(3)4/h5-8H2,1-4H3. The molecule has 0 saturated heterocycles. The van der Waals surface area contributed by atoms with Gasteiger partial charge in [0.15, 0.2) is 0 Å². The predicted octanol–water partition coefficient (Wildman–Crippen LogP) is 3.92. The molecule has 0 heteroatoms. The van der Waals surface area contributed by atoms with Crippen molar-refractivity contribution in [1.82, 2.24) is 0 Å². The van der Waals surface area contributed by atoms with E-state index >= 15 is 0 Å². The van der Waals surface area contributed by atoms with Gasteiger partial charge in [-0.2, -0.15) is 0 Å². The van der Waals surface area contributed by atoms with Gasteiger partial charge in [0, 0.05) is 0 Å². The third-order valence-corrected chi connectivity index (χ3v) is 1.81. The number of hydrogen-bond donors (Lipinski definition) is 0. The summed E-state index contributed by atoms with van der Waals surface area (Å²) in [7, 11) is 0. The lowest BCUT2D eigenvalue weighted by molar-refractivity contribution is 0.789. The second kappa shape index (κ2) is 5.52. The fraction of sp³-hybridized carbons (Fsp3) is 0.800. The maximum absolute atomic E-state index is 2.25. The zero-order valence-corrected chi connectivity index (χ0v) is 7.83. The molecule has 0 amide bonds. The largest absolute Gasteiger partial charge is 0.0772 e. The van der Waals surface area contributed by atoms with E-state index < -0.39 is 0 Å². The van der Waals surface area contributed by atoms with Gasteiger partial charge in [-0.3, -0.25) is 0 Å². The number of rotatable bonds is 4. The van der Waals surface area contributed by atoms with Crippen LogP contribution in [-0.4, -0.2) is 0 Å². The van der Waals surface area contributed by atoms with Crippen molar-refractivity contribution in [2.45, 2.75) is 53.4 Å². The molecule has 0 aromatic carbocycles. The predicted molar refractivity (Wildman–Crippen MR) is 48.2 cm³/mol. The van der Waals surface area contributed by atoms with Crippen molar-refractivity contribution in [3.63, 3.8) is 0 Å². The highest BCUT2D eigenvalue weighted by Gasteiger charge is 1.95. The molecule has 0 aliphatic rings. The Balaban J connectivity index is 3.86. The third kappa shape index (κ3) is 3.71. The van der Waals surface area contributed by atoms with E-state index in [0.29, 0.717) is 0 Å². The molecule has 0 nitrogen and oxygen atoms in total. The van der Waals surface area contributed by atoms with E-state index in [1.807, 2.05) is 0 Å². The van der Waals surface area contributed by atoms with Crippen LogP contribution in [0.3, 0.4) is 0 Å². The van der Waals surface area contributed by atoms with E-state index in [2.05, 4.69) is 27.7 Å². The minimum Gasteiger partial charge on any atom is -0.0772 e. The van der Waals surface area contributed by atoms with Crippen LogP contribution >= 0.6 is 0 Å². The van der Waals surface area contributed by atoms with Gasteiger partial charge in [-0.15, -0.1) is 0 Å². The average Bonchev–Trinajstić information content (AvgIpc) is 1.87. The molecule has 0 saturated carbocycles. The summed E-state index contributed by atoms with van der Waals surface area (Å²) in [6.07, 6.45) is 5.19. The topological polar surface area (TPSA) is 0 Å². The van der Waals surface area contributed by atoms with Crippen molar-refractivity contribution in [2.75, 3.05) is 0 Å². The van der Waals surface area contributed by atoms with E-state index in [1.54, 1.807) is 5.57 Å². The summed E-state index contributed by atoms with van der Waals surface area (Å²) in [5.41, 5.74) is 3.20. The van der Waals surface area contributed by atoms with E-state index in [4.69, 9.17) is 0 Å². The Labute approximate surface area is 65.3 Å². The van der Waals surface area contributed by atoms with Crippen molar-refractivity contribution in [3.8, 4) is 0 Å².